The van der Waals surface area contributed by atoms with Crippen LogP contribution in [0.2, 0.25) is 0 Å². The predicted octanol–water partition coefficient (Wildman–Crippen LogP) is 2.46. The summed E-state index contributed by atoms with van der Waals surface area (Å²) in [6.45, 7) is 4.01. The zero-order valence-corrected chi connectivity index (χ0v) is 12.8. The van der Waals surface area contributed by atoms with Gasteiger partial charge < -0.3 is 4.57 Å². The molecule has 108 valence electrons. The number of carbonyl (C=O) groups excluding carboxylic acids is 1. The van der Waals surface area contributed by atoms with E-state index in [-0.39, 0.29) is 22.8 Å². The number of thiazole rings is 1. The van der Waals surface area contributed by atoms with Crippen molar-refractivity contribution >= 4 is 17.1 Å². The molecule has 2 rings (SSSR count). The number of rotatable bonds is 4. The summed E-state index contributed by atoms with van der Waals surface area (Å²) < 4.78 is 1.37. The highest BCUT2D eigenvalue weighted by Gasteiger charge is 2.25. The van der Waals surface area contributed by atoms with Crippen LogP contribution in [0, 0.1) is 11.3 Å². The first-order valence-corrected chi connectivity index (χ1v) is 7.38. The molecule has 0 radical (unpaired) electrons. The van der Waals surface area contributed by atoms with Crippen LogP contribution in [0.4, 0.5) is 0 Å². The van der Waals surface area contributed by atoms with Gasteiger partial charge in [0.25, 0.3) is 5.56 Å². The number of hydrogen-bond acceptors (Lipinski definition) is 5. The Morgan fingerprint density at radius 2 is 2.19 bits per heavy atom. The molecule has 0 aromatic carbocycles. The molecule has 2 aromatic rings. The maximum absolute atomic E-state index is 12.4. The van der Waals surface area contributed by atoms with E-state index in [2.05, 4.69) is 4.98 Å². The van der Waals surface area contributed by atoms with Gasteiger partial charge in [-0.15, -0.1) is 11.3 Å². The van der Waals surface area contributed by atoms with Crippen molar-refractivity contribution in [3.8, 4) is 6.07 Å². The highest BCUT2D eigenvalue weighted by atomic mass is 32.1. The fourth-order valence-electron chi connectivity index (χ4n) is 1.79. The topological polar surface area (TPSA) is 75.8 Å². The molecule has 0 aliphatic rings. The van der Waals surface area contributed by atoms with Gasteiger partial charge in [0.1, 0.15) is 5.01 Å². The number of Topliss-reactive ketones (excluding diaryl/α,β-unsaturated/α-hetero) is 1. The fourth-order valence-corrected chi connectivity index (χ4v) is 2.81. The van der Waals surface area contributed by atoms with E-state index in [9.17, 15) is 14.9 Å². The Labute approximate surface area is 126 Å². The minimum Gasteiger partial charge on any atom is -0.319 e. The Kier molecular flexibility index (Phi) is 4.34. The molecule has 0 spiro atoms. The van der Waals surface area contributed by atoms with Gasteiger partial charge >= 0.3 is 0 Å². The zero-order valence-electron chi connectivity index (χ0n) is 12.0. The predicted molar refractivity (Wildman–Crippen MR) is 80.6 cm³/mol. The van der Waals surface area contributed by atoms with Gasteiger partial charge in [0.2, 0.25) is 0 Å². The van der Waals surface area contributed by atoms with E-state index < -0.39 is 5.92 Å². The van der Waals surface area contributed by atoms with Gasteiger partial charge in [-0.2, -0.15) is 5.26 Å². The van der Waals surface area contributed by atoms with Crippen molar-refractivity contribution in [3.63, 3.8) is 0 Å². The second-order valence-corrected chi connectivity index (χ2v) is 5.95. The number of aromatic nitrogens is 2. The van der Waals surface area contributed by atoms with Crippen LogP contribution in [-0.4, -0.2) is 15.3 Å². The minimum atomic E-state index is -0.963. The number of pyridine rings is 1. The lowest BCUT2D eigenvalue weighted by atomic mass is 10.0. The Balaban J connectivity index is 2.36. The quantitative estimate of drug-likeness (QED) is 0.813. The van der Waals surface area contributed by atoms with E-state index in [4.69, 9.17) is 0 Å². The summed E-state index contributed by atoms with van der Waals surface area (Å²) in [5.41, 5.74) is 0.831. The number of nitrogens with zero attached hydrogens (tertiary/aromatic N) is 3. The molecule has 0 saturated heterocycles. The second-order valence-electron chi connectivity index (χ2n) is 5.06. The summed E-state index contributed by atoms with van der Waals surface area (Å²) in [4.78, 5) is 28.4. The first kappa shape index (κ1) is 15.1. The maximum Gasteiger partial charge on any atom is 0.250 e. The molecule has 0 N–H and O–H groups in total. The van der Waals surface area contributed by atoms with Crippen LogP contribution < -0.4 is 5.56 Å². The Bertz CT molecular complexity index is 768. The number of nitriles is 1. The highest BCUT2D eigenvalue weighted by molar-refractivity contribution is 7.10. The van der Waals surface area contributed by atoms with Crippen LogP contribution in [0.15, 0.2) is 28.5 Å². The first-order chi connectivity index (χ1) is 9.93. The van der Waals surface area contributed by atoms with Crippen LogP contribution in [0.1, 0.15) is 46.7 Å². The van der Waals surface area contributed by atoms with E-state index in [1.54, 1.807) is 13.1 Å². The van der Waals surface area contributed by atoms with Gasteiger partial charge in [0.05, 0.1) is 11.8 Å². The largest absolute Gasteiger partial charge is 0.319 e. The van der Waals surface area contributed by atoms with E-state index in [0.29, 0.717) is 5.01 Å². The summed E-state index contributed by atoms with van der Waals surface area (Å²) in [6.07, 6.45) is 1.52. The number of carbonyl (C=O) groups is 1. The van der Waals surface area contributed by atoms with Gasteiger partial charge in [-0.25, -0.2) is 4.98 Å². The molecule has 0 fully saturated rings. The Morgan fingerprint density at radius 3 is 2.71 bits per heavy atom. The van der Waals surface area contributed by atoms with Crippen molar-refractivity contribution in [2.24, 2.45) is 7.05 Å². The molecule has 5 nitrogen and oxygen atoms in total. The van der Waals surface area contributed by atoms with E-state index >= 15 is 0 Å². The van der Waals surface area contributed by atoms with Gasteiger partial charge in [0.15, 0.2) is 11.7 Å². The van der Waals surface area contributed by atoms with Crippen molar-refractivity contribution in [2.45, 2.75) is 25.7 Å². The average Bonchev–Trinajstić information content (AvgIpc) is 2.92. The number of aryl methyl sites for hydroxylation is 1. The standard InChI is InChI=1S/C15H15N3O2S/c1-9(2)12-8-21-15(17-12)11(7-16)14(20)10-4-5-18(3)13(19)6-10/h4-6,8-9,11H,1-3H3/t11-/m0/s1. The molecule has 0 bridgehead atoms. The molecule has 1 atom stereocenters. The van der Waals surface area contributed by atoms with Crippen molar-refractivity contribution in [1.82, 2.24) is 9.55 Å². The SMILES string of the molecule is CC(C)c1csc([C@@H](C#N)C(=O)c2ccn(C)c(=O)c2)n1. The molecule has 2 aromatic heterocycles. The van der Waals surface area contributed by atoms with Gasteiger partial charge in [-0.3, -0.25) is 9.59 Å². The van der Waals surface area contributed by atoms with Crippen molar-refractivity contribution in [1.29, 1.82) is 5.26 Å². The summed E-state index contributed by atoms with van der Waals surface area (Å²) in [5.74, 6) is -1.11. The summed E-state index contributed by atoms with van der Waals surface area (Å²) in [7, 11) is 1.61. The Morgan fingerprint density at radius 1 is 1.48 bits per heavy atom. The molecule has 0 unspecified atom stereocenters. The Hall–Kier alpha value is -2.26. The summed E-state index contributed by atoms with van der Waals surface area (Å²) in [5, 5.41) is 11.6. The van der Waals surface area contributed by atoms with Crippen LogP contribution >= 0.6 is 11.3 Å². The normalized spacial score (nSPS) is 12.1. The lowest BCUT2D eigenvalue weighted by Gasteiger charge is -2.06. The van der Waals surface area contributed by atoms with Crippen LogP contribution in [0.25, 0.3) is 0 Å². The highest BCUT2D eigenvalue weighted by Crippen LogP contribution is 2.26. The second kappa shape index (κ2) is 6.02. The lowest BCUT2D eigenvalue weighted by Crippen LogP contribution is -2.19. The van der Waals surface area contributed by atoms with Gasteiger partial charge in [-0.05, 0) is 12.0 Å². The molecule has 21 heavy (non-hydrogen) atoms. The van der Waals surface area contributed by atoms with E-state index in [1.807, 2.05) is 25.3 Å². The van der Waals surface area contributed by atoms with Crippen molar-refractivity contribution in [3.05, 3.63) is 50.3 Å². The van der Waals surface area contributed by atoms with Crippen molar-refractivity contribution in [2.75, 3.05) is 0 Å². The van der Waals surface area contributed by atoms with Gasteiger partial charge in [0, 0.05) is 30.3 Å². The third-order valence-electron chi connectivity index (χ3n) is 3.16. The van der Waals surface area contributed by atoms with Crippen LogP contribution in [-0.2, 0) is 7.05 Å². The molecule has 0 aliphatic carbocycles. The number of ketones is 1. The number of hydrogen-bond donors (Lipinski definition) is 0. The maximum atomic E-state index is 12.4. The first-order valence-electron chi connectivity index (χ1n) is 6.50. The summed E-state index contributed by atoms with van der Waals surface area (Å²) >= 11 is 1.30. The third kappa shape index (κ3) is 3.09. The lowest BCUT2D eigenvalue weighted by molar-refractivity contribution is 0.0978. The zero-order chi connectivity index (χ0) is 15.6. The molecule has 2 heterocycles. The van der Waals surface area contributed by atoms with Crippen LogP contribution in [0.5, 0.6) is 0 Å². The van der Waals surface area contributed by atoms with Gasteiger partial charge in [-0.1, -0.05) is 13.8 Å². The monoisotopic (exact) mass is 301 g/mol. The molecular formula is C15H15N3O2S. The molecule has 0 amide bonds. The van der Waals surface area contributed by atoms with E-state index in [1.165, 1.54) is 28.2 Å². The van der Waals surface area contributed by atoms with Crippen molar-refractivity contribution < 1.29 is 4.79 Å². The minimum absolute atomic E-state index is 0.242. The molecular weight excluding hydrogens is 286 g/mol. The summed E-state index contributed by atoms with van der Waals surface area (Å²) in [6, 6.07) is 4.79. The van der Waals surface area contributed by atoms with Crippen LogP contribution in [0.3, 0.4) is 0 Å². The third-order valence-corrected chi connectivity index (χ3v) is 4.09. The van der Waals surface area contributed by atoms with E-state index in [0.717, 1.165) is 5.69 Å². The smallest absolute Gasteiger partial charge is 0.250 e. The molecule has 6 heteroatoms. The average molecular weight is 301 g/mol. The molecule has 0 aliphatic heterocycles. The fraction of sp³-hybridized carbons (Fsp3) is 0.333. The molecule has 0 saturated carbocycles.